The summed E-state index contributed by atoms with van der Waals surface area (Å²) >= 11 is 0. The molecule has 1 heterocycles. The number of nitrogens with zero attached hydrogens (tertiary/aromatic N) is 1. The van der Waals surface area contributed by atoms with Crippen molar-refractivity contribution in [2.75, 3.05) is 20.1 Å². The maximum Gasteiger partial charge on any atom is 0.223 e. The van der Waals surface area contributed by atoms with E-state index in [0.717, 1.165) is 38.8 Å². The monoisotopic (exact) mass is 279 g/mol. The fraction of sp³-hybridized carbons (Fsp3) is 0.938. The highest BCUT2D eigenvalue weighted by molar-refractivity contribution is 5.79. The summed E-state index contributed by atoms with van der Waals surface area (Å²) in [4.78, 5) is 14.8. The van der Waals surface area contributed by atoms with Gasteiger partial charge >= 0.3 is 0 Å². The van der Waals surface area contributed by atoms with Gasteiger partial charge in [-0.1, -0.05) is 6.42 Å². The van der Waals surface area contributed by atoms with Gasteiger partial charge in [0.25, 0.3) is 0 Å². The minimum atomic E-state index is 0.238. The number of carbonyl (C=O) groups excluding carboxylic acids is 1. The van der Waals surface area contributed by atoms with Crippen LogP contribution in [0.1, 0.15) is 44.9 Å². The lowest BCUT2D eigenvalue weighted by Crippen LogP contribution is -2.55. The lowest BCUT2D eigenvalue weighted by molar-refractivity contribution is -0.128. The van der Waals surface area contributed by atoms with E-state index >= 15 is 0 Å². The van der Waals surface area contributed by atoms with Gasteiger partial charge in [-0.25, -0.2) is 0 Å². The Hall–Kier alpha value is -0.610. The number of fused-ring (bicyclic) bond motifs is 2. The van der Waals surface area contributed by atoms with E-state index in [1.165, 1.54) is 19.3 Å². The number of hydrogen-bond donors (Lipinski definition) is 2. The van der Waals surface area contributed by atoms with Crippen LogP contribution in [0.2, 0.25) is 0 Å². The minimum absolute atomic E-state index is 0.238. The molecule has 3 fully saturated rings. The zero-order valence-electron chi connectivity index (χ0n) is 12.7. The molecule has 1 amide bonds. The fourth-order valence-corrected chi connectivity index (χ4v) is 4.58. The first-order valence-corrected chi connectivity index (χ1v) is 8.38. The van der Waals surface area contributed by atoms with Gasteiger partial charge in [-0.05, 0) is 70.5 Å². The molecule has 0 spiro atoms. The van der Waals surface area contributed by atoms with Crippen molar-refractivity contribution in [2.45, 2.75) is 57.0 Å². The van der Waals surface area contributed by atoms with Crippen molar-refractivity contribution >= 4 is 5.91 Å². The number of rotatable bonds is 2. The first kappa shape index (κ1) is 14.3. The van der Waals surface area contributed by atoms with Crippen molar-refractivity contribution in [3.05, 3.63) is 0 Å². The molecule has 2 bridgehead atoms. The van der Waals surface area contributed by atoms with Crippen LogP contribution >= 0.6 is 0 Å². The Kier molecular flexibility index (Phi) is 4.32. The Morgan fingerprint density at radius 2 is 1.70 bits per heavy atom. The van der Waals surface area contributed by atoms with E-state index in [9.17, 15) is 4.79 Å². The van der Waals surface area contributed by atoms with Crippen molar-refractivity contribution in [2.24, 2.45) is 23.5 Å². The zero-order chi connectivity index (χ0) is 14.1. The maximum atomic E-state index is 12.5. The molecule has 2 saturated carbocycles. The molecule has 1 aliphatic heterocycles. The Morgan fingerprint density at radius 3 is 2.30 bits per heavy atom. The standard InChI is InChI=1S/C16H29N3O/c1-19-7-5-11(6-8-19)16(20)18-15-12-3-2-4-13(15)10-14(17)9-12/h11-15H,2-10,17H2,1H3,(H,18,20). The smallest absolute Gasteiger partial charge is 0.223 e. The highest BCUT2D eigenvalue weighted by Crippen LogP contribution is 2.39. The third-order valence-corrected chi connectivity index (χ3v) is 5.77. The molecule has 0 aromatic carbocycles. The van der Waals surface area contributed by atoms with Gasteiger partial charge in [0.15, 0.2) is 0 Å². The van der Waals surface area contributed by atoms with Crippen LogP contribution in [0.3, 0.4) is 0 Å². The number of nitrogens with two attached hydrogens (primary N) is 1. The average Bonchev–Trinajstić information content (AvgIpc) is 2.40. The van der Waals surface area contributed by atoms with E-state index in [-0.39, 0.29) is 5.92 Å². The normalized spacial score (nSPS) is 39.5. The van der Waals surface area contributed by atoms with Crippen LogP contribution < -0.4 is 11.1 Å². The van der Waals surface area contributed by atoms with Crippen molar-refractivity contribution in [1.29, 1.82) is 0 Å². The van der Waals surface area contributed by atoms with Crippen LogP contribution in [0, 0.1) is 17.8 Å². The molecule has 20 heavy (non-hydrogen) atoms. The van der Waals surface area contributed by atoms with Crippen molar-refractivity contribution in [1.82, 2.24) is 10.2 Å². The van der Waals surface area contributed by atoms with Gasteiger partial charge < -0.3 is 16.0 Å². The van der Waals surface area contributed by atoms with Gasteiger partial charge in [0.2, 0.25) is 5.91 Å². The van der Waals surface area contributed by atoms with Gasteiger partial charge in [-0.2, -0.15) is 0 Å². The molecule has 2 unspecified atom stereocenters. The number of piperidine rings is 1. The summed E-state index contributed by atoms with van der Waals surface area (Å²) in [5, 5.41) is 3.41. The first-order valence-electron chi connectivity index (χ1n) is 8.38. The SMILES string of the molecule is CN1CCC(C(=O)NC2C3CCCC2CC(N)C3)CC1. The molecular formula is C16H29N3O. The molecular weight excluding hydrogens is 250 g/mol. The highest BCUT2D eigenvalue weighted by Gasteiger charge is 2.40. The van der Waals surface area contributed by atoms with Gasteiger partial charge in [0.05, 0.1) is 0 Å². The lowest BCUT2D eigenvalue weighted by atomic mass is 9.67. The topological polar surface area (TPSA) is 58.4 Å². The Bertz CT molecular complexity index is 338. The van der Waals surface area contributed by atoms with E-state index in [0.29, 0.717) is 29.8 Å². The quantitative estimate of drug-likeness (QED) is 0.802. The third kappa shape index (κ3) is 3.01. The van der Waals surface area contributed by atoms with Gasteiger partial charge in [0, 0.05) is 18.0 Å². The molecule has 4 nitrogen and oxygen atoms in total. The summed E-state index contributed by atoms with van der Waals surface area (Å²) in [7, 11) is 2.14. The number of nitrogens with one attached hydrogen (secondary N) is 1. The summed E-state index contributed by atoms with van der Waals surface area (Å²) < 4.78 is 0. The van der Waals surface area contributed by atoms with E-state index in [1.54, 1.807) is 0 Å². The summed E-state index contributed by atoms with van der Waals surface area (Å²) in [5.41, 5.74) is 6.16. The second-order valence-electron chi connectivity index (χ2n) is 7.29. The molecule has 2 aliphatic carbocycles. The largest absolute Gasteiger partial charge is 0.353 e. The predicted molar refractivity (Wildman–Crippen MR) is 80.2 cm³/mol. The fourth-order valence-electron chi connectivity index (χ4n) is 4.58. The zero-order valence-corrected chi connectivity index (χ0v) is 12.7. The van der Waals surface area contributed by atoms with Crippen LogP contribution in [0.25, 0.3) is 0 Å². The van der Waals surface area contributed by atoms with Crippen LogP contribution in [0.15, 0.2) is 0 Å². The number of likely N-dealkylation sites (tertiary alicyclic amines) is 1. The average molecular weight is 279 g/mol. The van der Waals surface area contributed by atoms with Crippen molar-refractivity contribution < 1.29 is 4.79 Å². The minimum Gasteiger partial charge on any atom is -0.353 e. The van der Waals surface area contributed by atoms with Crippen molar-refractivity contribution in [3.8, 4) is 0 Å². The first-order chi connectivity index (χ1) is 9.63. The molecule has 4 heteroatoms. The second kappa shape index (κ2) is 6.02. The van der Waals surface area contributed by atoms with Crippen LogP contribution in [-0.4, -0.2) is 43.0 Å². The summed E-state index contributed by atoms with van der Waals surface area (Å²) in [5.74, 6) is 1.82. The molecule has 1 saturated heterocycles. The van der Waals surface area contributed by atoms with Crippen LogP contribution in [0.4, 0.5) is 0 Å². The Labute approximate surface area is 122 Å². The van der Waals surface area contributed by atoms with Crippen molar-refractivity contribution in [3.63, 3.8) is 0 Å². The number of amides is 1. The summed E-state index contributed by atoms with van der Waals surface area (Å²) in [6.07, 6.45) is 8.07. The predicted octanol–water partition coefficient (Wildman–Crippen LogP) is 1.35. The molecule has 0 aromatic rings. The molecule has 0 aromatic heterocycles. The van der Waals surface area contributed by atoms with Gasteiger partial charge in [-0.3, -0.25) is 4.79 Å². The molecule has 3 aliphatic rings. The number of hydrogen-bond acceptors (Lipinski definition) is 3. The molecule has 3 N–H and O–H groups in total. The highest BCUT2D eigenvalue weighted by atomic mass is 16.2. The van der Waals surface area contributed by atoms with Crippen LogP contribution in [0.5, 0.6) is 0 Å². The van der Waals surface area contributed by atoms with Gasteiger partial charge in [-0.15, -0.1) is 0 Å². The third-order valence-electron chi connectivity index (χ3n) is 5.77. The van der Waals surface area contributed by atoms with Crippen LogP contribution in [-0.2, 0) is 4.79 Å². The summed E-state index contributed by atoms with van der Waals surface area (Å²) in [6.45, 7) is 2.11. The second-order valence-corrected chi connectivity index (χ2v) is 7.29. The molecule has 2 atom stereocenters. The molecule has 0 radical (unpaired) electrons. The van der Waals surface area contributed by atoms with E-state index in [2.05, 4.69) is 17.3 Å². The number of carbonyl (C=O) groups is 1. The van der Waals surface area contributed by atoms with E-state index in [4.69, 9.17) is 5.73 Å². The lowest BCUT2D eigenvalue weighted by Gasteiger charge is -2.45. The van der Waals surface area contributed by atoms with Gasteiger partial charge in [0.1, 0.15) is 0 Å². The molecule has 3 rings (SSSR count). The van der Waals surface area contributed by atoms with E-state index < -0.39 is 0 Å². The molecule has 114 valence electrons. The summed E-state index contributed by atoms with van der Waals surface area (Å²) in [6, 6.07) is 0.775. The maximum absolute atomic E-state index is 12.5. The van der Waals surface area contributed by atoms with E-state index in [1.807, 2.05) is 0 Å². The Balaban J connectivity index is 1.58. The Morgan fingerprint density at radius 1 is 1.10 bits per heavy atom.